The van der Waals surface area contributed by atoms with E-state index in [4.69, 9.17) is 4.74 Å². The fraction of sp³-hybridized carbons (Fsp3) is 0.448. The molecule has 0 saturated carbocycles. The highest BCUT2D eigenvalue weighted by Gasteiger charge is 2.25. The number of piperazine rings is 1. The van der Waals surface area contributed by atoms with Gasteiger partial charge in [0.25, 0.3) is 5.91 Å². The van der Waals surface area contributed by atoms with Crippen LogP contribution in [0.3, 0.4) is 0 Å². The van der Waals surface area contributed by atoms with Gasteiger partial charge in [-0.2, -0.15) is 0 Å². The Morgan fingerprint density at radius 2 is 1.72 bits per heavy atom. The van der Waals surface area contributed by atoms with Crippen molar-refractivity contribution in [2.45, 2.75) is 32.9 Å². The van der Waals surface area contributed by atoms with Gasteiger partial charge in [-0.25, -0.2) is 0 Å². The fourth-order valence-electron chi connectivity index (χ4n) is 5.11. The fourth-order valence-corrected chi connectivity index (χ4v) is 5.95. The van der Waals surface area contributed by atoms with E-state index in [-0.39, 0.29) is 5.91 Å². The van der Waals surface area contributed by atoms with Gasteiger partial charge in [-0.1, -0.05) is 18.2 Å². The summed E-state index contributed by atoms with van der Waals surface area (Å²) in [7, 11) is 0. The third-order valence-corrected chi connectivity index (χ3v) is 8.16. The van der Waals surface area contributed by atoms with Gasteiger partial charge in [0.05, 0.1) is 11.5 Å². The molecule has 4 heterocycles. The Labute approximate surface area is 218 Å². The molecule has 2 aliphatic heterocycles. The monoisotopic (exact) mass is 504 g/mol. The minimum absolute atomic E-state index is 0.167. The van der Waals surface area contributed by atoms with Crippen molar-refractivity contribution in [3.05, 3.63) is 81.8 Å². The molecule has 7 heteroatoms. The Kier molecular flexibility index (Phi) is 8.31. The molecule has 0 radical (unpaired) electrons. The van der Waals surface area contributed by atoms with E-state index in [1.54, 1.807) is 11.3 Å². The first-order valence-corrected chi connectivity index (χ1v) is 13.8. The third-order valence-electron chi connectivity index (χ3n) is 7.17. The van der Waals surface area contributed by atoms with Gasteiger partial charge in [0.2, 0.25) is 0 Å². The molecule has 0 aliphatic carbocycles. The highest BCUT2D eigenvalue weighted by atomic mass is 32.1. The first kappa shape index (κ1) is 24.9. The number of hydrogen-bond donors (Lipinski definition) is 0. The highest BCUT2D eigenvalue weighted by Crippen LogP contribution is 2.23. The van der Waals surface area contributed by atoms with Crippen LogP contribution in [0.5, 0.6) is 5.75 Å². The number of piperidine rings is 1. The van der Waals surface area contributed by atoms with Crippen LogP contribution >= 0.6 is 11.3 Å². The number of likely N-dealkylation sites (tertiary alicyclic amines) is 1. The maximum atomic E-state index is 12.8. The van der Waals surface area contributed by atoms with Crippen molar-refractivity contribution in [1.29, 1.82) is 0 Å². The van der Waals surface area contributed by atoms with Gasteiger partial charge < -0.3 is 9.64 Å². The summed E-state index contributed by atoms with van der Waals surface area (Å²) in [6.45, 7) is 10.6. The topological polar surface area (TPSA) is 48.9 Å². The molecular weight excluding hydrogens is 468 g/mol. The molecular formula is C29H36N4O2S. The lowest BCUT2D eigenvalue weighted by Gasteiger charge is -2.34. The molecule has 3 aromatic rings. The summed E-state index contributed by atoms with van der Waals surface area (Å²) in [6.07, 6.45) is 5.94. The summed E-state index contributed by atoms with van der Waals surface area (Å²) >= 11 is 1.58. The normalized spacial score (nSPS) is 19.4. The number of nitrogens with zero attached hydrogens (tertiary/aromatic N) is 4. The van der Waals surface area contributed by atoms with Gasteiger partial charge in [0.15, 0.2) is 0 Å². The lowest BCUT2D eigenvalue weighted by atomic mass is 9.99. The zero-order valence-corrected chi connectivity index (χ0v) is 22.0. The quantitative estimate of drug-likeness (QED) is 0.445. The van der Waals surface area contributed by atoms with Crippen LogP contribution < -0.4 is 4.74 Å². The Morgan fingerprint density at radius 1 is 0.972 bits per heavy atom. The van der Waals surface area contributed by atoms with E-state index >= 15 is 0 Å². The average molecular weight is 505 g/mol. The molecule has 1 unspecified atom stereocenters. The van der Waals surface area contributed by atoms with Gasteiger partial charge in [-0.05, 0) is 61.2 Å². The van der Waals surface area contributed by atoms with Crippen LogP contribution in [0.25, 0.3) is 0 Å². The Balaban J connectivity index is 1.04. The Bertz CT molecular complexity index is 1110. The van der Waals surface area contributed by atoms with Crippen LogP contribution in [-0.4, -0.2) is 71.5 Å². The van der Waals surface area contributed by atoms with Crippen molar-refractivity contribution in [2.75, 3.05) is 45.9 Å². The molecule has 0 N–H and O–H groups in total. The number of aryl methyl sites for hydroxylation is 1. The van der Waals surface area contributed by atoms with E-state index < -0.39 is 0 Å². The van der Waals surface area contributed by atoms with Crippen LogP contribution in [0, 0.1) is 12.8 Å². The number of pyridine rings is 1. The molecule has 1 atom stereocenters. The zero-order chi connectivity index (χ0) is 24.7. The predicted octanol–water partition coefficient (Wildman–Crippen LogP) is 4.70. The Hall–Kier alpha value is -2.74. The largest absolute Gasteiger partial charge is 0.493 e. The zero-order valence-electron chi connectivity index (χ0n) is 21.1. The molecule has 2 saturated heterocycles. The summed E-state index contributed by atoms with van der Waals surface area (Å²) < 4.78 is 6.14. The van der Waals surface area contributed by atoms with Crippen molar-refractivity contribution in [3.8, 4) is 5.75 Å². The number of thiophene rings is 1. The summed E-state index contributed by atoms with van der Waals surface area (Å²) in [5, 5.41) is 0. The number of benzene rings is 1. The van der Waals surface area contributed by atoms with Crippen LogP contribution in [-0.2, 0) is 13.1 Å². The molecule has 6 nitrogen and oxygen atoms in total. The number of carbonyl (C=O) groups is 1. The third kappa shape index (κ3) is 6.72. The highest BCUT2D eigenvalue weighted by molar-refractivity contribution is 7.13. The molecule has 190 valence electrons. The molecule has 5 rings (SSSR count). The molecule has 2 aromatic heterocycles. The van der Waals surface area contributed by atoms with E-state index in [0.29, 0.717) is 12.5 Å². The minimum atomic E-state index is 0.167. The smallest absolute Gasteiger partial charge is 0.263 e. The summed E-state index contributed by atoms with van der Waals surface area (Å²) in [5.41, 5.74) is 2.61. The number of carbonyl (C=O) groups excluding carboxylic acids is 1. The number of aromatic nitrogens is 1. The standard InChI is InChI=1S/C29H36N4O2S/c1-23-6-11-28(36-23)29(34)33-13-3-5-26(21-33)22-35-27-9-7-24(8-10-27)19-31-14-16-32(17-15-31)20-25-4-2-12-30-18-25/h2,4,6-12,18,26H,3,5,13-17,19-22H2,1H3. The van der Waals surface area contributed by atoms with Gasteiger partial charge in [-0.3, -0.25) is 19.6 Å². The predicted molar refractivity (Wildman–Crippen MR) is 144 cm³/mol. The average Bonchev–Trinajstić information content (AvgIpc) is 3.36. The molecule has 2 fully saturated rings. The van der Waals surface area contributed by atoms with E-state index in [1.165, 1.54) is 16.0 Å². The summed E-state index contributed by atoms with van der Waals surface area (Å²) in [6, 6.07) is 16.7. The summed E-state index contributed by atoms with van der Waals surface area (Å²) in [5.74, 6) is 1.46. The number of hydrogen-bond acceptors (Lipinski definition) is 6. The Morgan fingerprint density at radius 3 is 2.39 bits per heavy atom. The van der Waals surface area contributed by atoms with Crippen molar-refractivity contribution in [3.63, 3.8) is 0 Å². The SMILES string of the molecule is Cc1ccc(C(=O)N2CCCC(COc3ccc(CN4CCN(Cc5cccnc5)CC4)cc3)C2)s1. The van der Waals surface area contributed by atoms with Gasteiger partial charge in [-0.15, -0.1) is 11.3 Å². The van der Waals surface area contributed by atoms with Gasteiger partial charge >= 0.3 is 0 Å². The molecule has 0 bridgehead atoms. The van der Waals surface area contributed by atoms with E-state index in [0.717, 1.165) is 75.8 Å². The number of ether oxygens (including phenoxy) is 1. The van der Waals surface area contributed by atoms with Crippen molar-refractivity contribution >= 4 is 17.2 Å². The van der Waals surface area contributed by atoms with E-state index in [2.05, 4.69) is 45.1 Å². The van der Waals surface area contributed by atoms with Crippen LogP contribution in [0.1, 0.15) is 38.5 Å². The number of rotatable bonds is 8. The van der Waals surface area contributed by atoms with Gasteiger partial charge in [0.1, 0.15) is 5.75 Å². The van der Waals surface area contributed by atoms with Crippen LogP contribution in [0.4, 0.5) is 0 Å². The molecule has 1 amide bonds. The lowest BCUT2D eigenvalue weighted by Crippen LogP contribution is -2.45. The van der Waals surface area contributed by atoms with E-state index in [1.807, 2.05) is 42.4 Å². The van der Waals surface area contributed by atoms with Crippen molar-refractivity contribution in [1.82, 2.24) is 19.7 Å². The van der Waals surface area contributed by atoms with Crippen LogP contribution in [0.2, 0.25) is 0 Å². The minimum Gasteiger partial charge on any atom is -0.493 e. The van der Waals surface area contributed by atoms with Crippen molar-refractivity contribution < 1.29 is 9.53 Å². The maximum Gasteiger partial charge on any atom is 0.263 e. The maximum absolute atomic E-state index is 12.8. The second kappa shape index (κ2) is 12.0. The number of amides is 1. The molecule has 0 spiro atoms. The second-order valence-electron chi connectivity index (χ2n) is 10.0. The van der Waals surface area contributed by atoms with E-state index in [9.17, 15) is 4.79 Å². The second-order valence-corrected chi connectivity index (χ2v) is 11.3. The van der Waals surface area contributed by atoms with Crippen LogP contribution in [0.15, 0.2) is 60.9 Å². The summed E-state index contributed by atoms with van der Waals surface area (Å²) in [4.78, 5) is 26.1. The van der Waals surface area contributed by atoms with Gasteiger partial charge in [0, 0.05) is 75.5 Å². The first-order chi connectivity index (χ1) is 17.6. The van der Waals surface area contributed by atoms with Crippen molar-refractivity contribution in [2.24, 2.45) is 5.92 Å². The molecule has 2 aliphatic rings. The molecule has 1 aromatic carbocycles. The lowest BCUT2D eigenvalue weighted by molar-refractivity contribution is 0.0638. The molecule has 36 heavy (non-hydrogen) atoms. The first-order valence-electron chi connectivity index (χ1n) is 13.0.